The van der Waals surface area contributed by atoms with E-state index < -0.39 is 0 Å². The van der Waals surface area contributed by atoms with Crippen LogP contribution < -0.4 is 15.5 Å². The van der Waals surface area contributed by atoms with E-state index in [4.69, 9.17) is 0 Å². The van der Waals surface area contributed by atoms with E-state index in [-0.39, 0.29) is 29.4 Å². The Balaban J connectivity index is 0.00000243. The van der Waals surface area contributed by atoms with Crippen LogP contribution in [0.3, 0.4) is 0 Å². The van der Waals surface area contributed by atoms with Crippen LogP contribution in [0.5, 0.6) is 0 Å². The number of guanidine groups is 1. The van der Waals surface area contributed by atoms with Gasteiger partial charge < -0.3 is 15.5 Å². The summed E-state index contributed by atoms with van der Waals surface area (Å²) in [6.07, 6.45) is 2.41. The SMILES string of the molecule is CN=C(NCc1csc(N(C)C)n1)NCC1(c2ccccc2Br)CC1.I. The van der Waals surface area contributed by atoms with Gasteiger partial charge in [-0.1, -0.05) is 34.1 Å². The molecule has 2 N–H and O–H groups in total. The molecule has 0 aliphatic heterocycles. The van der Waals surface area contributed by atoms with Gasteiger partial charge in [0.05, 0.1) is 12.2 Å². The molecule has 1 saturated carbocycles. The molecule has 8 heteroatoms. The summed E-state index contributed by atoms with van der Waals surface area (Å²) in [4.78, 5) is 11.0. The molecule has 142 valence electrons. The van der Waals surface area contributed by atoms with Gasteiger partial charge in [0.2, 0.25) is 0 Å². The van der Waals surface area contributed by atoms with Crippen molar-refractivity contribution in [2.24, 2.45) is 4.99 Å². The van der Waals surface area contributed by atoms with E-state index >= 15 is 0 Å². The van der Waals surface area contributed by atoms with Gasteiger partial charge in [0.1, 0.15) is 0 Å². The molecular formula is C18H25BrIN5S. The van der Waals surface area contributed by atoms with Crippen molar-refractivity contribution < 1.29 is 0 Å². The van der Waals surface area contributed by atoms with E-state index in [0.717, 1.165) is 23.3 Å². The fourth-order valence-electron chi connectivity index (χ4n) is 2.81. The lowest BCUT2D eigenvalue weighted by atomic mass is 9.96. The minimum absolute atomic E-state index is 0. The average Bonchev–Trinajstić information content (AvgIpc) is 3.23. The molecule has 26 heavy (non-hydrogen) atoms. The standard InChI is InChI=1S/C18H24BrN5S.HI/c1-20-16(21-10-13-11-25-17(23-13)24(2)3)22-12-18(8-9-18)14-6-4-5-7-15(14)19;/h4-7,11H,8-10,12H2,1-3H3,(H2,20,21,22);1H. The van der Waals surface area contributed by atoms with E-state index in [1.165, 1.54) is 22.9 Å². The summed E-state index contributed by atoms with van der Waals surface area (Å²) >= 11 is 5.34. The lowest BCUT2D eigenvalue weighted by molar-refractivity contribution is 0.642. The van der Waals surface area contributed by atoms with Crippen molar-refractivity contribution in [3.8, 4) is 0 Å². The van der Waals surface area contributed by atoms with Gasteiger partial charge in [-0.2, -0.15) is 0 Å². The third-order valence-corrected chi connectivity index (χ3v) is 6.22. The van der Waals surface area contributed by atoms with Crippen LogP contribution in [-0.2, 0) is 12.0 Å². The molecule has 1 heterocycles. The number of benzene rings is 1. The molecule has 1 aliphatic carbocycles. The first-order chi connectivity index (χ1) is 12.0. The first kappa shape index (κ1) is 21.4. The van der Waals surface area contributed by atoms with Gasteiger partial charge in [0.15, 0.2) is 11.1 Å². The Hall–Kier alpha value is -0.870. The molecule has 1 aromatic carbocycles. The van der Waals surface area contributed by atoms with Crippen LogP contribution >= 0.6 is 51.2 Å². The molecule has 1 aromatic heterocycles. The van der Waals surface area contributed by atoms with Gasteiger partial charge in [-0.05, 0) is 24.5 Å². The molecule has 0 atom stereocenters. The first-order valence-corrected chi connectivity index (χ1v) is 10.0. The normalized spacial score (nSPS) is 15.2. The topological polar surface area (TPSA) is 52.6 Å². The summed E-state index contributed by atoms with van der Waals surface area (Å²) < 4.78 is 1.19. The number of aliphatic imine (C=N–C) groups is 1. The highest BCUT2D eigenvalue weighted by molar-refractivity contribution is 14.0. The molecule has 2 aromatic rings. The lowest BCUT2D eigenvalue weighted by Gasteiger charge is -2.20. The molecule has 0 radical (unpaired) electrons. The van der Waals surface area contributed by atoms with Gasteiger partial charge in [-0.25, -0.2) is 4.98 Å². The summed E-state index contributed by atoms with van der Waals surface area (Å²) in [6.45, 7) is 1.56. The number of hydrogen-bond donors (Lipinski definition) is 2. The minimum Gasteiger partial charge on any atom is -0.356 e. The lowest BCUT2D eigenvalue weighted by Crippen LogP contribution is -2.41. The summed E-state index contributed by atoms with van der Waals surface area (Å²) in [5, 5.41) is 9.94. The molecule has 0 bridgehead atoms. The van der Waals surface area contributed by atoms with Crippen molar-refractivity contribution in [3.63, 3.8) is 0 Å². The summed E-state index contributed by atoms with van der Waals surface area (Å²) in [6, 6.07) is 8.51. The minimum atomic E-state index is 0. The van der Waals surface area contributed by atoms with Crippen LogP contribution in [0.25, 0.3) is 0 Å². The largest absolute Gasteiger partial charge is 0.356 e. The maximum Gasteiger partial charge on any atom is 0.191 e. The number of hydrogen-bond acceptors (Lipinski definition) is 4. The van der Waals surface area contributed by atoms with Gasteiger partial charge in [0, 0.05) is 43.0 Å². The van der Waals surface area contributed by atoms with Crippen LogP contribution in [0.1, 0.15) is 24.1 Å². The van der Waals surface area contributed by atoms with Gasteiger partial charge in [-0.3, -0.25) is 4.99 Å². The molecule has 1 aliphatic rings. The number of aromatic nitrogens is 1. The maximum absolute atomic E-state index is 4.59. The zero-order chi connectivity index (χ0) is 17.9. The van der Waals surface area contributed by atoms with E-state index in [2.05, 4.69) is 66.2 Å². The quantitative estimate of drug-likeness (QED) is 0.325. The van der Waals surface area contributed by atoms with E-state index in [1.807, 2.05) is 19.0 Å². The van der Waals surface area contributed by atoms with Crippen molar-refractivity contribution in [2.45, 2.75) is 24.8 Å². The Morgan fingerprint density at radius 3 is 2.62 bits per heavy atom. The first-order valence-electron chi connectivity index (χ1n) is 8.35. The highest BCUT2D eigenvalue weighted by atomic mass is 127. The Labute approximate surface area is 184 Å². The molecule has 0 saturated heterocycles. The molecule has 3 rings (SSSR count). The number of anilines is 1. The van der Waals surface area contributed by atoms with Gasteiger partial charge in [0.25, 0.3) is 0 Å². The highest BCUT2D eigenvalue weighted by Crippen LogP contribution is 2.49. The summed E-state index contributed by atoms with van der Waals surface area (Å²) in [5.74, 6) is 0.817. The number of halogens is 2. The van der Waals surface area contributed by atoms with Crippen LogP contribution in [0.2, 0.25) is 0 Å². The number of nitrogens with zero attached hydrogens (tertiary/aromatic N) is 3. The zero-order valence-electron chi connectivity index (χ0n) is 15.3. The fraction of sp³-hybridized carbons (Fsp3) is 0.444. The molecular weight excluding hydrogens is 525 g/mol. The Morgan fingerprint density at radius 2 is 2.04 bits per heavy atom. The molecule has 0 amide bonds. The summed E-state index contributed by atoms with van der Waals surface area (Å²) in [7, 11) is 5.82. The van der Waals surface area contributed by atoms with Crippen LogP contribution in [0.15, 0.2) is 39.1 Å². The predicted molar refractivity (Wildman–Crippen MR) is 125 cm³/mol. The second-order valence-corrected chi connectivity index (χ2v) is 8.25. The monoisotopic (exact) mass is 549 g/mol. The highest BCUT2D eigenvalue weighted by Gasteiger charge is 2.45. The van der Waals surface area contributed by atoms with Crippen molar-refractivity contribution in [1.82, 2.24) is 15.6 Å². The van der Waals surface area contributed by atoms with Gasteiger partial charge in [-0.15, -0.1) is 35.3 Å². The Bertz CT molecular complexity index is 758. The van der Waals surface area contributed by atoms with Crippen LogP contribution in [0, 0.1) is 0 Å². The van der Waals surface area contributed by atoms with Crippen molar-refractivity contribution in [3.05, 3.63) is 45.4 Å². The van der Waals surface area contributed by atoms with Crippen LogP contribution in [0.4, 0.5) is 5.13 Å². The van der Waals surface area contributed by atoms with Crippen molar-refractivity contribution in [1.29, 1.82) is 0 Å². The number of rotatable bonds is 6. The molecule has 5 nitrogen and oxygen atoms in total. The number of nitrogens with one attached hydrogen (secondary N) is 2. The third-order valence-electron chi connectivity index (χ3n) is 4.48. The van der Waals surface area contributed by atoms with Crippen LogP contribution in [-0.4, -0.2) is 38.6 Å². The number of thiazole rings is 1. The Kier molecular flexibility index (Phi) is 7.72. The predicted octanol–water partition coefficient (Wildman–Crippen LogP) is 3.99. The van der Waals surface area contributed by atoms with Gasteiger partial charge >= 0.3 is 0 Å². The smallest absolute Gasteiger partial charge is 0.191 e. The van der Waals surface area contributed by atoms with E-state index in [1.54, 1.807) is 18.4 Å². The Morgan fingerprint density at radius 1 is 1.31 bits per heavy atom. The second-order valence-electron chi connectivity index (χ2n) is 6.56. The maximum atomic E-state index is 4.59. The second kappa shape index (κ2) is 9.36. The van der Waals surface area contributed by atoms with E-state index in [9.17, 15) is 0 Å². The third kappa shape index (κ3) is 5.10. The zero-order valence-corrected chi connectivity index (χ0v) is 20.0. The van der Waals surface area contributed by atoms with Crippen molar-refractivity contribution in [2.75, 3.05) is 32.6 Å². The fourth-order valence-corrected chi connectivity index (χ4v) is 4.28. The summed E-state index contributed by atoms with van der Waals surface area (Å²) in [5.41, 5.74) is 2.63. The van der Waals surface area contributed by atoms with Crippen molar-refractivity contribution >= 4 is 62.3 Å². The average molecular weight is 550 g/mol. The molecule has 0 unspecified atom stereocenters. The molecule has 1 fully saturated rings. The van der Waals surface area contributed by atoms with E-state index in [0.29, 0.717) is 6.54 Å². The molecule has 0 spiro atoms.